The Hall–Kier alpha value is 0.660. The van der Waals surface area contributed by atoms with Crippen LogP contribution in [0.25, 0.3) is 0 Å². The molecule has 0 aromatic carbocycles. The van der Waals surface area contributed by atoms with E-state index in [0.717, 1.165) is 5.25 Å². The third-order valence-corrected chi connectivity index (χ3v) is 4.81. The van der Waals surface area contributed by atoms with Gasteiger partial charge in [-0.3, -0.25) is 4.90 Å². The van der Waals surface area contributed by atoms with Gasteiger partial charge in [-0.2, -0.15) is 23.5 Å². The maximum Gasteiger partial charge on any atom is 0.00756 e. The lowest BCUT2D eigenvalue weighted by Gasteiger charge is -2.28. The summed E-state index contributed by atoms with van der Waals surface area (Å²) in [6.07, 6.45) is 0. The van der Waals surface area contributed by atoms with E-state index >= 15 is 0 Å². The predicted octanol–water partition coefficient (Wildman–Crippen LogP) is 4.37. The van der Waals surface area contributed by atoms with Crippen LogP contribution in [0.1, 0.15) is 48.5 Å². The third-order valence-electron chi connectivity index (χ3n) is 2.47. The number of rotatable bonds is 8. The minimum atomic E-state index is 0.398. The van der Waals surface area contributed by atoms with E-state index < -0.39 is 0 Å². The normalized spacial score (nSPS) is 13.1. The zero-order chi connectivity index (χ0) is 13.5. The molecule has 0 bridgehead atoms. The van der Waals surface area contributed by atoms with Crippen LogP contribution in [0.5, 0.6) is 0 Å². The number of hydrogen-bond donors (Lipinski definition) is 0. The summed E-state index contributed by atoms with van der Waals surface area (Å²) in [5.41, 5.74) is 0. The Kier molecular flexibility index (Phi) is 9.05. The van der Waals surface area contributed by atoms with Crippen LogP contribution in [-0.4, -0.2) is 45.5 Å². The average Bonchev–Trinajstić information content (AvgIpc) is 2.12. The molecule has 0 saturated carbocycles. The van der Waals surface area contributed by atoms with Crippen molar-refractivity contribution in [2.45, 2.75) is 64.5 Å². The molecule has 104 valence electrons. The second kappa shape index (κ2) is 8.71. The van der Waals surface area contributed by atoms with Crippen molar-refractivity contribution in [3.05, 3.63) is 0 Å². The summed E-state index contributed by atoms with van der Waals surface area (Å²) in [6.45, 7) is 18.5. The maximum absolute atomic E-state index is 2.61. The quantitative estimate of drug-likeness (QED) is 0.648. The first kappa shape index (κ1) is 17.7. The van der Waals surface area contributed by atoms with Gasteiger partial charge in [0.2, 0.25) is 0 Å². The topological polar surface area (TPSA) is 3.24 Å². The fourth-order valence-corrected chi connectivity index (χ4v) is 3.25. The van der Waals surface area contributed by atoms with E-state index in [2.05, 4.69) is 76.9 Å². The lowest BCUT2D eigenvalue weighted by molar-refractivity contribution is 0.251. The van der Waals surface area contributed by atoms with Crippen LogP contribution >= 0.6 is 23.5 Å². The lowest BCUT2D eigenvalue weighted by Crippen LogP contribution is -2.35. The molecule has 0 aliphatic rings. The highest BCUT2D eigenvalue weighted by Crippen LogP contribution is 2.23. The molecule has 1 nitrogen and oxygen atoms in total. The molecule has 0 N–H and O–H groups in total. The summed E-state index contributed by atoms with van der Waals surface area (Å²) < 4.78 is 0.398. The molecule has 0 unspecified atom stereocenters. The van der Waals surface area contributed by atoms with Crippen molar-refractivity contribution in [2.24, 2.45) is 0 Å². The fraction of sp³-hybridized carbons (Fsp3) is 1.00. The number of hydrogen-bond acceptors (Lipinski definition) is 3. The molecular formula is C14H31NS2. The molecule has 0 atom stereocenters. The van der Waals surface area contributed by atoms with Gasteiger partial charge in [0, 0.05) is 35.4 Å². The van der Waals surface area contributed by atoms with Gasteiger partial charge < -0.3 is 0 Å². The zero-order valence-corrected chi connectivity index (χ0v) is 14.4. The Morgan fingerprint density at radius 3 is 1.88 bits per heavy atom. The summed E-state index contributed by atoms with van der Waals surface area (Å²) >= 11 is 4.14. The second-order valence-electron chi connectivity index (χ2n) is 6.01. The zero-order valence-electron chi connectivity index (χ0n) is 12.7. The highest BCUT2D eigenvalue weighted by atomic mass is 32.2. The van der Waals surface area contributed by atoms with Gasteiger partial charge in [0.1, 0.15) is 0 Å². The summed E-state index contributed by atoms with van der Waals surface area (Å²) in [5.74, 6) is 2.50. The standard InChI is InChI=1S/C14H31NS2/c1-12(2)15(8-10-16-13(3)4)9-11-17-14(5,6)7/h12-13H,8-11H2,1-7H3. The molecule has 17 heavy (non-hydrogen) atoms. The van der Waals surface area contributed by atoms with E-state index in [9.17, 15) is 0 Å². The minimum Gasteiger partial charge on any atom is -0.299 e. The van der Waals surface area contributed by atoms with E-state index in [1.165, 1.54) is 24.6 Å². The highest BCUT2D eigenvalue weighted by molar-refractivity contribution is 8.00. The van der Waals surface area contributed by atoms with Crippen molar-refractivity contribution >= 4 is 23.5 Å². The largest absolute Gasteiger partial charge is 0.299 e. The highest BCUT2D eigenvalue weighted by Gasteiger charge is 2.13. The van der Waals surface area contributed by atoms with Gasteiger partial charge in [0.25, 0.3) is 0 Å². The molecule has 0 aliphatic carbocycles. The van der Waals surface area contributed by atoms with Crippen LogP contribution in [0.3, 0.4) is 0 Å². The first-order valence-corrected chi connectivity index (χ1v) is 8.75. The van der Waals surface area contributed by atoms with E-state index in [4.69, 9.17) is 0 Å². The molecule has 0 heterocycles. The second-order valence-corrected chi connectivity index (χ2v) is 9.62. The molecule has 0 amide bonds. The molecular weight excluding hydrogens is 246 g/mol. The summed E-state index contributed by atoms with van der Waals surface area (Å²) in [4.78, 5) is 2.61. The summed E-state index contributed by atoms with van der Waals surface area (Å²) in [5, 5.41) is 0.757. The van der Waals surface area contributed by atoms with Crippen molar-refractivity contribution in [3.8, 4) is 0 Å². The fourth-order valence-electron chi connectivity index (χ4n) is 1.50. The van der Waals surface area contributed by atoms with Crippen LogP contribution in [0.2, 0.25) is 0 Å². The van der Waals surface area contributed by atoms with Crippen molar-refractivity contribution in [1.29, 1.82) is 0 Å². The van der Waals surface area contributed by atoms with Crippen LogP contribution in [-0.2, 0) is 0 Å². The van der Waals surface area contributed by atoms with Crippen molar-refractivity contribution in [2.75, 3.05) is 24.6 Å². The predicted molar refractivity (Wildman–Crippen MR) is 86.5 cm³/mol. The van der Waals surface area contributed by atoms with Gasteiger partial charge in [0.15, 0.2) is 0 Å². The van der Waals surface area contributed by atoms with Gasteiger partial charge >= 0.3 is 0 Å². The molecule has 0 saturated heterocycles. The van der Waals surface area contributed by atoms with Crippen LogP contribution in [0, 0.1) is 0 Å². The molecule has 0 aliphatic heterocycles. The Balaban J connectivity index is 3.83. The Morgan fingerprint density at radius 2 is 1.47 bits per heavy atom. The molecule has 0 rings (SSSR count). The van der Waals surface area contributed by atoms with E-state index in [1.807, 2.05) is 0 Å². The van der Waals surface area contributed by atoms with Gasteiger partial charge in [0.05, 0.1) is 0 Å². The van der Waals surface area contributed by atoms with Crippen LogP contribution < -0.4 is 0 Å². The Labute approximate surface area is 117 Å². The summed E-state index contributed by atoms with van der Waals surface area (Å²) in [7, 11) is 0. The van der Waals surface area contributed by atoms with E-state index in [1.54, 1.807) is 0 Å². The number of thioether (sulfide) groups is 2. The van der Waals surface area contributed by atoms with Crippen molar-refractivity contribution in [1.82, 2.24) is 4.90 Å². The van der Waals surface area contributed by atoms with Gasteiger partial charge in [-0.15, -0.1) is 0 Å². The average molecular weight is 278 g/mol. The smallest absolute Gasteiger partial charge is 0.00756 e. The molecule has 0 aromatic heterocycles. The molecule has 0 spiro atoms. The monoisotopic (exact) mass is 277 g/mol. The van der Waals surface area contributed by atoms with E-state index in [-0.39, 0.29) is 0 Å². The maximum atomic E-state index is 2.61. The molecule has 0 radical (unpaired) electrons. The molecule has 0 aromatic rings. The lowest BCUT2D eigenvalue weighted by atomic mass is 10.3. The SMILES string of the molecule is CC(C)SCCN(CCSC(C)(C)C)C(C)C. The van der Waals surface area contributed by atoms with Crippen LogP contribution in [0.4, 0.5) is 0 Å². The Morgan fingerprint density at radius 1 is 0.941 bits per heavy atom. The molecule has 3 heteroatoms. The van der Waals surface area contributed by atoms with Gasteiger partial charge in [-0.1, -0.05) is 34.6 Å². The van der Waals surface area contributed by atoms with E-state index in [0.29, 0.717) is 10.8 Å². The first-order chi connectivity index (χ1) is 7.72. The van der Waals surface area contributed by atoms with Gasteiger partial charge in [-0.25, -0.2) is 0 Å². The third kappa shape index (κ3) is 11.5. The van der Waals surface area contributed by atoms with Crippen LogP contribution in [0.15, 0.2) is 0 Å². The van der Waals surface area contributed by atoms with Crippen molar-refractivity contribution < 1.29 is 0 Å². The molecule has 0 fully saturated rings. The summed E-state index contributed by atoms with van der Waals surface area (Å²) in [6, 6.07) is 0.670. The van der Waals surface area contributed by atoms with Gasteiger partial charge in [-0.05, 0) is 19.1 Å². The number of nitrogens with zero attached hydrogens (tertiary/aromatic N) is 1. The minimum absolute atomic E-state index is 0.398. The van der Waals surface area contributed by atoms with Crippen molar-refractivity contribution in [3.63, 3.8) is 0 Å². The first-order valence-electron chi connectivity index (χ1n) is 6.72. The Bertz CT molecular complexity index is 185.